The number of rotatable bonds is 2. The molecule has 0 radical (unpaired) electrons. The van der Waals surface area contributed by atoms with Crippen molar-refractivity contribution >= 4 is 0 Å². The smallest absolute Gasteiger partial charge is 0.0279 e. The van der Waals surface area contributed by atoms with Crippen LogP contribution in [0.3, 0.4) is 0 Å². The summed E-state index contributed by atoms with van der Waals surface area (Å²) in [5.74, 6) is 0.962. The molecule has 0 saturated heterocycles. The largest absolute Gasteiger partial charge is 0.0874 e. The van der Waals surface area contributed by atoms with Crippen molar-refractivity contribution in [2.24, 2.45) is 5.92 Å². The molecule has 0 spiro atoms. The Labute approximate surface area is 104 Å². The molecule has 1 rings (SSSR count). The predicted molar refractivity (Wildman–Crippen MR) is 77.8 cm³/mol. The van der Waals surface area contributed by atoms with Crippen LogP contribution in [0, 0.1) is 5.92 Å². The highest BCUT2D eigenvalue weighted by atomic mass is 14.2. The molecule has 1 unspecified atom stereocenters. The molecule has 0 aromatic rings. The SMILES string of the molecule is C/C=C/C1=CCC(CC)CC1.CC.CCC. The molecule has 0 aliphatic heterocycles. The van der Waals surface area contributed by atoms with E-state index in [1.807, 2.05) is 13.8 Å². The summed E-state index contributed by atoms with van der Waals surface area (Å²) in [7, 11) is 0. The minimum atomic E-state index is 0.962. The van der Waals surface area contributed by atoms with Crippen LogP contribution in [0.2, 0.25) is 0 Å². The van der Waals surface area contributed by atoms with Gasteiger partial charge in [-0.15, -0.1) is 0 Å². The second-order valence-corrected chi connectivity index (χ2v) is 4.03. The average molecular weight is 224 g/mol. The molecule has 0 aromatic carbocycles. The molecule has 0 aromatic heterocycles. The zero-order chi connectivity index (χ0) is 12.8. The van der Waals surface area contributed by atoms with E-state index in [0.29, 0.717) is 0 Å². The van der Waals surface area contributed by atoms with Crippen molar-refractivity contribution in [3.05, 3.63) is 23.8 Å². The zero-order valence-electron chi connectivity index (χ0n) is 12.3. The topological polar surface area (TPSA) is 0 Å². The third-order valence-electron chi connectivity index (χ3n) is 2.51. The van der Waals surface area contributed by atoms with Crippen molar-refractivity contribution in [3.8, 4) is 0 Å². The Balaban J connectivity index is 0. The fraction of sp³-hybridized carbons (Fsp3) is 0.750. The Kier molecular flexibility index (Phi) is 16.2. The summed E-state index contributed by atoms with van der Waals surface area (Å²) >= 11 is 0. The summed E-state index contributed by atoms with van der Waals surface area (Å²) in [6, 6.07) is 0. The third-order valence-corrected chi connectivity index (χ3v) is 2.51. The fourth-order valence-electron chi connectivity index (χ4n) is 1.64. The van der Waals surface area contributed by atoms with Crippen LogP contribution in [0.4, 0.5) is 0 Å². The highest BCUT2D eigenvalue weighted by molar-refractivity contribution is 5.20. The van der Waals surface area contributed by atoms with E-state index in [1.54, 1.807) is 0 Å². The maximum atomic E-state index is 2.40. The summed E-state index contributed by atoms with van der Waals surface area (Å²) < 4.78 is 0. The van der Waals surface area contributed by atoms with Crippen LogP contribution in [0.25, 0.3) is 0 Å². The first-order valence-electron chi connectivity index (χ1n) is 7.10. The molecular formula is C16H32. The van der Waals surface area contributed by atoms with Gasteiger partial charge in [-0.2, -0.15) is 0 Å². The van der Waals surface area contributed by atoms with Crippen LogP contribution in [-0.2, 0) is 0 Å². The molecule has 96 valence electrons. The molecule has 0 saturated carbocycles. The summed E-state index contributed by atoms with van der Waals surface area (Å²) in [6.07, 6.45) is 13.4. The van der Waals surface area contributed by atoms with Crippen molar-refractivity contribution in [1.82, 2.24) is 0 Å². The molecule has 0 heteroatoms. The normalized spacial score (nSPS) is 19.1. The molecule has 1 aliphatic carbocycles. The molecule has 0 nitrogen and oxygen atoms in total. The molecule has 0 N–H and O–H groups in total. The van der Waals surface area contributed by atoms with Gasteiger partial charge in [0.1, 0.15) is 0 Å². The molecular weight excluding hydrogens is 192 g/mol. The lowest BCUT2D eigenvalue weighted by Gasteiger charge is -2.18. The molecule has 0 bridgehead atoms. The van der Waals surface area contributed by atoms with E-state index >= 15 is 0 Å². The summed E-state index contributed by atoms with van der Waals surface area (Å²) in [5, 5.41) is 0. The lowest BCUT2D eigenvalue weighted by molar-refractivity contribution is 0.459. The van der Waals surface area contributed by atoms with E-state index in [2.05, 4.69) is 45.9 Å². The van der Waals surface area contributed by atoms with Crippen molar-refractivity contribution in [1.29, 1.82) is 0 Å². The molecule has 0 amide bonds. The number of hydrogen-bond acceptors (Lipinski definition) is 0. The number of allylic oxidation sites excluding steroid dienone is 4. The molecule has 0 heterocycles. The highest BCUT2D eigenvalue weighted by Gasteiger charge is 2.09. The standard InChI is InChI=1S/C11H18.C3H8.C2H6/c1-3-5-11-8-6-10(4-2)7-9-11;1-3-2;1-2/h3,5,8,10H,4,6-7,9H2,1-2H3;3H2,1-2H3;1-2H3/b5-3+;;. The average Bonchev–Trinajstić information content (AvgIpc) is 2.34. The Hall–Kier alpha value is -0.520. The maximum absolute atomic E-state index is 2.40. The maximum Gasteiger partial charge on any atom is -0.0279 e. The van der Waals surface area contributed by atoms with Gasteiger partial charge in [0, 0.05) is 0 Å². The second-order valence-electron chi connectivity index (χ2n) is 4.03. The zero-order valence-corrected chi connectivity index (χ0v) is 12.3. The van der Waals surface area contributed by atoms with Crippen LogP contribution < -0.4 is 0 Å². The summed E-state index contributed by atoms with van der Waals surface area (Å²) in [4.78, 5) is 0. The van der Waals surface area contributed by atoms with E-state index in [-0.39, 0.29) is 0 Å². The van der Waals surface area contributed by atoms with Gasteiger partial charge >= 0.3 is 0 Å². The van der Waals surface area contributed by atoms with Gasteiger partial charge in [-0.1, -0.05) is 71.3 Å². The van der Waals surface area contributed by atoms with E-state index in [1.165, 1.54) is 37.7 Å². The van der Waals surface area contributed by atoms with Crippen LogP contribution in [0.1, 0.15) is 73.6 Å². The van der Waals surface area contributed by atoms with Crippen LogP contribution >= 0.6 is 0 Å². The van der Waals surface area contributed by atoms with E-state index in [0.717, 1.165) is 5.92 Å². The van der Waals surface area contributed by atoms with Crippen molar-refractivity contribution in [2.75, 3.05) is 0 Å². The van der Waals surface area contributed by atoms with Gasteiger partial charge < -0.3 is 0 Å². The van der Waals surface area contributed by atoms with Crippen LogP contribution in [0.5, 0.6) is 0 Å². The van der Waals surface area contributed by atoms with Gasteiger partial charge in [-0.05, 0) is 32.1 Å². The lowest BCUT2D eigenvalue weighted by atomic mass is 9.88. The lowest BCUT2D eigenvalue weighted by Crippen LogP contribution is -2.02. The molecule has 1 atom stereocenters. The van der Waals surface area contributed by atoms with Crippen molar-refractivity contribution < 1.29 is 0 Å². The number of hydrogen-bond donors (Lipinski definition) is 0. The van der Waals surface area contributed by atoms with E-state index in [4.69, 9.17) is 0 Å². The van der Waals surface area contributed by atoms with Gasteiger partial charge in [-0.25, -0.2) is 0 Å². The fourth-order valence-corrected chi connectivity index (χ4v) is 1.64. The Morgan fingerprint density at radius 1 is 1.25 bits per heavy atom. The van der Waals surface area contributed by atoms with Gasteiger partial charge in [0.25, 0.3) is 0 Å². The molecule has 16 heavy (non-hydrogen) atoms. The first-order chi connectivity index (χ1) is 7.78. The first kappa shape index (κ1) is 17.9. The van der Waals surface area contributed by atoms with E-state index < -0.39 is 0 Å². The summed E-state index contributed by atoms with van der Waals surface area (Å²) in [5.41, 5.74) is 1.54. The van der Waals surface area contributed by atoms with Gasteiger partial charge in [-0.3, -0.25) is 0 Å². The quantitative estimate of drug-likeness (QED) is 0.528. The van der Waals surface area contributed by atoms with Gasteiger partial charge in [0.2, 0.25) is 0 Å². The van der Waals surface area contributed by atoms with Crippen molar-refractivity contribution in [3.63, 3.8) is 0 Å². The summed E-state index contributed by atoms with van der Waals surface area (Å²) in [6.45, 7) is 12.6. The predicted octanol–water partition coefficient (Wildman–Crippen LogP) is 6.14. The Bertz CT molecular complexity index is 174. The van der Waals surface area contributed by atoms with Crippen LogP contribution in [0.15, 0.2) is 23.8 Å². The molecule has 0 fully saturated rings. The minimum absolute atomic E-state index is 0.962. The Morgan fingerprint density at radius 2 is 1.81 bits per heavy atom. The van der Waals surface area contributed by atoms with Gasteiger partial charge in [0.15, 0.2) is 0 Å². The first-order valence-corrected chi connectivity index (χ1v) is 7.10. The second kappa shape index (κ2) is 14.5. The van der Waals surface area contributed by atoms with E-state index in [9.17, 15) is 0 Å². The molecule has 1 aliphatic rings. The van der Waals surface area contributed by atoms with Crippen LogP contribution in [-0.4, -0.2) is 0 Å². The third kappa shape index (κ3) is 10.0. The highest BCUT2D eigenvalue weighted by Crippen LogP contribution is 2.25. The van der Waals surface area contributed by atoms with Gasteiger partial charge in [0.05, 0.1) is 0 Å². The minimum Gasteiger partial charge on any atom is -0.0874 e. The monoisotopic (exact) mass is 224 g/mol. The Morgan fingerprint density at radius 3 is 2.12 bits per heavy atom. The van der Waals surface area contributed by atoms with Crippen molar-refractivity contribution in [2.45, 2.75) is 73.6 Å².